The Morgan fingerprint density at radius 3 is 1.96 bits per heavy atom. The summed E-state index contributed by atoms with van der Waals surface area (Å²) in [4.78, 5) is 25.1. The number of carbonyl (C=O) groups excluding carboxylic acids is 1. The fourth-order valence-electron chi connectivity index (χ4n) is 3.14. The molecule has 0 saturated heterocycles. The smallest absolute Gasteiger partial charge is 0.411 e. The van der Waals surface area contributed by atoms with E-state index in [0.717, 1.165) is 22.3 Å². The van der Waals surface area contributed by atoms with E-state index in [1.807, 2.05) is 48.5 Å². The molecule has 0 heterocycles. The SMILES string of the molecule is COC(=O)N(C(C)C(=O)O)C1c2ccccc2-c2ccccc21. The summed E-state index contributed by atoms with van der Waals surface area (Å²) in [6, 6.07) is 14.0. The fourth-order valence-corrected chi connectivity index (χ4v) is 3.14. The van der Waals surface area contributed by atoms with Gasteiger partial charge in [0.2, 0.25) is 0 Å². The molecule has 3 rings (SSSR count). The van der Waals surface area contributed by atoms with Crippen LogP contribution in [0.15, 0.2) is 48.5 Å². The van der Waals surface area contributed by atoms with E-state index in [4.69, 9.17) is 4.74 Å². The Morgan fingerprint density at radius 1 is 1.04 bits per heavy atom. The molecule has 0 radical (unpaired) electrons. The number of hydrogen-bond acceptors (Lipinski definition) is 3. The molecular formula is C18H17NO4. The van der Waals surface area contributed by atoms with Gasteiger partial charge in [0.1, 0.15) is 6.04 Å². The molecule has 1 aliphatic carbocycles. The molecule has 2 aromatic carbocycles. The van der Waals surface area contributed by atoms with Crippen LogP contribution < -0.4 is 0 Å². The average molecular weight is 311 g/mol. The van der Waals surface area contributed by atoms with E-state index in [-0.39, 0.29) is 0 Å². The first kappa shape index (κ1) is 15.1. The molecule has 1 atom stereocenters. The van der Waals surface area contributed by atoms with Gasteiger partial charge in [-0.05, 0) is 29.2 Å². The summed E-state index contributed by atoms with van der Waals surface area (Å²) in [5.74, 6) is -1.07. The van der Waals surface area contributed by atoms with Gasteiger partial charge in [0.05, 0.1) is 13.2 Å². The second-order valence-corrected chi connectivity index (χ2v) is 5.47. The summed E-state index contributed by atoms with van der Waals surface area (Å²) in [5.41, 5.74) is 3.85. The lowest BCUT2D eigenvalue weighted by atomic mass is 10.0. The summed E-state index contributed by atoms with van der Waals surface area (Å²) >= 11 is 0. The van der Waals surface area contributed by atoms with E-state index in [0.29, 0.717) is 0 Å². The van der Waals surface area contributed by atoms with Crippen LogP contribution in [0, 0.1) is 0 Å². The van der Waals surface area contributed by atoms with Crippen LogP contribution in [0.5, 0.6) is 0 Å². The topological polar surface area (TPSA) is 66.8 Å². The quantitative estimate of drug-likeness (QED) is 0.944. The first-order valence-corrected chi connectivity index (χ1v) is 7.33. The van der Waals surface area contributed by atoms with E-state index < -0.39 is 24.1 Å². The summed E-state index contributed by atoms with van der Waals surface area (Å²) in [7, 11) is 1.26. The third kappa shape index (κ3) is 2.34. The maximum Gasteiger partial charge on any atom is 0.411 e. The molecule has 1 N–H and O–H groups in total. The van der Waals surface area contributed by atoms with Crippen molar-refractivity contribution < 1.29 is 19.4 Å². The highest BCUT2D eigenvalue weighted by molar-refractivity contribution is 5.84. The van der Waals surface area contributed by atoms with Crippen LogP contribution in [0.2, 0.25) is 0 Å². The number of carbonyl (C=O) groups is 2. The molecule has 5 heteroatoms. The van der Waals surface area contributed by atoms with Gasteiger partial charge in [0.15, 0.2) is 0 Å². The van der Waals surface area contributed by atoms with Gasteiger partial charge in [-0.1, -0.05) is 48.5 Å². The number of benzene rings is 2. The van der Waals surface area contributed by atoms with Crippen LogP contribution in [0.25, 0.3) is 11.1 Å². The fraction of sp³-hybridized carbons (Fsp3) is 0.222. The lowest BCUT2D eigenvalue weighted by molar-refractivity contribution is -0.142. The molecule has 118 valence electrons. The predicted octanol–water partition coefficient (Wildman–Crippen LogP) is 3.30. The van der Waals surface area contributed by atoms with Gasteiger partial charge < -0.3 is 9.84 Å². The molecule has 0 spiro atoms. The number of methoxy groups -OCH3 is 1. The maximum absolute atomic E-state index is 12.3. The summed E-state index contributed by atoms with van der Waals surface area (Å²) < 4.78 is 4.85. The van der Waals surface area contributed by atoms with Crippen molar-refractivity contribution in [3.8, 4) is 11.1 Å². The second kappa shape index (κ2) is 5.76. The van der Waals surface area contributed by atoms with Crippen molar-refractivity contribution in [2.45, 2.75) is 19.0 Å². The number of aliphatic carboxylic acids is 1. The molecule has 1 unspecified atom stereocenters. The van der Waals surface area contributed by atoms with Crippen LogP contribution in [0.1, 0.15) is 24.1 Å². The van der Waals surface area contributed by atoms with Crippen molar-refractivity contribution in [2.75, 3.05) is 7.11 Å². The second-order valence-electron chi connectivity index (χ2n) is 5.47. The van der Waals surface area contributed by atoms with Gasteiger partial charge in [0, 0.05) is 0 Å². The molecule has 0 aromatic heterocycles. The van der Waals surface area contributed by atoms with Crippen LogP contribution in [0.3, 0.4) is 0 Å². The zero-order chi connectivity index (χ0) is 16.6. The number of amides is 1. The minimum atomic E-state index is -1.07. The molecule has 0 saturated carbocycles. The summed E-state index contributed by atoms with van der Waals surface area (Å²) in [6.07, 6.45) is -0.656. The minimum Gasteiger partial charge on any atom is -0.480 e. The van der Waals surface area contributed by atoms with Crippen LogP contribution in [0.4, 0.5) is 4.79 Å². The van der Waals surface area contributed by atoms with Gasteiger partial charge in [-0.15, -0.1) is 0 Å². The summed E-state index contributed by atoms with van der Waals surface area (Å²) in [5, 5.41) is 9.40. The van der Waals surface area contributed by atoms with E-state index >= 15 is 0 Å². The molecule has 23 heavy (non-hydrogen) atoms. The van der Waals surface area contributed by atoms with E-state index in [1.165, 1.54) is 18.9 Å². The lowest BCUT2D eigenvalue weighted by Gasteiger charge is -2.32. The number of hydrogen-bond donors (Lipinski definition) is 1. The van der Waals surface area contributed by atoms with Crippen molar-refractivity contribution in [3.63, 3.8) is 0 Å². The number of rotatable bonds is 3. The van der Waals surface area contributed by atoms with E-state index in [9.17, 15) is 14.7 Å². The molecule has 2 aromatic rings. The number of nitrogens with zero attached hydrogens (tertiary/aromatic N) is 1. The van der Waals surface area contributed by atoms with Crippen LogP contribution >= 0.6 is 0 Å². The Hall–Kier alpha value is -2.82. The van der Waals surface area contributed by atoms with Gasteiger partial charge in [-0.25, -0.2) is 9.59 Å². The van der Waals surface area contributed by atoms with Gasteiger partial charge in [-0.3, -0.25) is 4.90 Å². The third-order valence-corrected chi connectivity index (χ3v) is 4.24. The normalized spacial score (nSPS) is 13.8. The minimum absolute atomic E-state index is 0.471. The Balaban J connectivity index is 2.20. The number of carboxylic acids is 1. The highest BCUT2D eigenvalue weighted by Crippen LogP contribution is 2.46. The van der Waals surface area contributed by atoms with Crippen molar-refractivity contribution >= 4 is 12.1 Å². The zero-order valence-corrected chi connectivity index (χ0v) is 12.9. The first-order valence-electron chi connectivity index (χ1n) is 7.33. The molecule has 1 aliphatic rings. The Kier molecular flexibility index (Phi) is 3.78. The van der Waals surface area contributed by atoms with Crippen LogP contribution in [-0.4, -0.2) is 35.2 Å². The Morgan fingerprint density at radius 2 is 1.52 bits per heavy atom. The Labute approximate surface area is 134 Å². The highest BCUT2D eigenvalue weighted by atomic mass is 16.5. The van der Waals surface area contributed by atoms with E-state index in [2.05, 4.69) is 0 Å². The van der Waals surface area contributed by atoms with Crippen molar-refractivity contribution in [3.05, 3.63) is 59.7 Å². The molecule has 0 bridgehead atoms. The van der Waals surface area contributed by atoms with Crippen molar-refractivity contribution in [1.82, 2.24) is 4.90 Å². The highest BCUT2D eigenvalue weighted by Gasteiger charge is 2.40. The third-order valence-electron chi connectivity index (χ3n) is 4.24. The molecule has 0 fully saturated rings. The van der Waals surface area contributed by atoms with Gasteiger partial charge >= 0.3 is 12.1 Å². The van der Waals surface area contributed by atoms with Crippen molar-refractivity contribution in [2.24, 2.45) is 0 Å². The molecule has 1 amide bonds. The number of ether oxygens (including phenoxy) is 1. The zero-order valence-electron chi connectivity index (χ0n) is 12.9. The number of carboxylic acid groups (broad SMARTS) is 1. The largest absolute Gasteiger partial charge is 0.480 e. The average Bonchev–Trinajstić information content (AvgIpc) is 2.90. The van der Waals surface area contributed by atoms with Gasteiger partial charge in [0.25, 0.3) is 0 Å². The maximum atomic E-state index is 12.3. The standard InChI is InChI=1S/C18H17NO4/c1-11(17(20)21)19(18(22)23-2)16-14-9-5-3-7-12(14)13-8-4-6-10-15(13)16/h3-11,16H,1-2H3,(H,20,21). The van der Waals surface area contributed by atoms with Crippen LogP contribution in [-0.2, 0) is 9.53 Å². The van der Waals surface area contributed by atoms with Gasteiger partial charge in [-0.2, -0.15) is 0 Å². The van der Waals surface area contributed by atoms with Crippen molar-refractivity contribution in [1.29, 1.82) is 0 Å². The molecule has 5 nitrogen and oxygen atoms in total. The monoisotopic (exact) mass is 311 g/mol. The lowest BCUT2D eigenvalue weighted by Crippen LogP contribution is -2.45. The Bertz CT molecular complexity index is 726. The predicted molar refractivity (Wildman–Crippen MR) is 85.1 cm³/mol. The summed E-state index contributed by atoms with van der Waals surface area (Å²) in [6.45, 7) is 1.49. The molecular weight excluding hydrogens is 294 g/mol. The van der Waals surface area contributed by atoms with E-state index in [1.54, 1.807) is 0 Å². The molecule has 0 aliphatic heterocycles. The first-order chi connectivity index (χ1) is 11.1. The number of fused-ring (bicyclic) bond motifs is 3.